The normalized spacial score (nSPS) is 13.0. The lowest BCUT2D eigenvalue weighted by atomic mass is 10.1. The van der Waals surface area contributed by atoms with Crippen molar-refractivity contribution in [3.63, 3.8) is 0 Å². The Morgan fingerprint density at radius 2 is 0.743 bits per heavy atom. The summed E-state index contributed by atoms with van der Waals surface area (Å²) in [7, 11) is 0. The summed E-state index contributed by atoms with van der Waals surface area (Å²) in [6.45, 7) is 0. The largest absolute Gasteiger partial charge is 0.460 e. The zero-order valence-electron chi connectivity index (χ0n) is 40.0. The molecule has 0 saturated carbocycles. The van der Waals surface area contributed by atoms with E-state index in [0.717, 1.165) is 94.7 Å². The molecule has 0 spiro atoms. The van der Waals surface area contributed by atoms with E-state index in [1.54, 1.807) is 0 Å². The summed E-state index contributed by atoms with van der Waals surface area (Å²) in [4.78, 5) is 15.7. The molecule has 0 N–H and O–H groups in total. The summed E-state index contributed by atoms with van der Waals surface area (Å²) in [5.74, 6) is 4.28. The van der Waals surface area contributed by atoms with E-state index in [4.69, 9.17) is 14.5 Å². The molecule has 10 aromatic carbocycles. The number of aromatic nitrogens is 1. The van der Waals surface area contributed by atoms with Crippen molar-refractivity contribution in [2.24, 2.45) is 0 Å². The number of hydrogen-bond donors (Lipinski definition) is 0. The smallest absolute Gasteiger partial charge is 0.435 e. The molecule has 5 heterocycles. The van der Waals surface area contributed by atoms with Gasteiger partial charge in [0.15, 0.2) is 0 Å². The van der Waals surface area contributed by atoms with Crippen LogP contribution in [0.25, 0.3) is 0 Å². The van der Waals surface area contributed by atoms with E-state index in [1.165, 1.54) is 23.4 Å². The van der Waals surface area contributed by atoms with E-state index in [1.807, 2.05) is 0 Å². The summed E-state index contributed by atoms with van der Waals surface area (Å²) in [5, 5.41) is 0. The van der Waals surface area contributed by atoms with Crippen LogP contribution in [0.5, 0.6) is 23.0 Å². The predicted molar refractivity (Wildman–Crippen MR) is 305 cm³/mol. The van der Waals surface area contributed by atoms with Crippen LogP contribution in [0.2, 0.25) is 0 Å². The molecule has 0 fully saturated rings. The maximum absolute atomic E-state index is 7.42. The summed E-state index contributed by atoms with van der Waals surface area (Å²) in [5.41, 5.74) is 11.9. The van der Waals surface area contributed by atoms with Gasteiger partial charge in [0.2, 0.25) is 0 Å². The van der Waals surface area contributed by atoms with Crippen molar-refractivity contribution in [1.29, 1.82) is 0 Å². The minimum Gasteiger partial charge on any atom is -0.460 e. The number of rotatable bonds is 8. The van der Waals surface area contributed by atoms with Gasteiger partial charge in [-0.15, -0.1) is 0 Å². The summed E-state index contributed by atoms with van der Waals surface area (Å²) >= 11 is -4.74. The third-order valence-electron chi connectivity index (χ3n) is 14.9. The zero-order chi connectivity index (χ0) is 48.7. The Morgan fingerprint density at radius 1 is 0.311 bits per heavy atom. The molecule has 0 bridgehead atoms. The van der Waals surface area contributed by atoms with Crippen molar-refractivity contribution >= 4 is 123 Å². The summed E-state index contributed by atoms with van der Waals surface area (Å²) in [6, 6.07) is 93.5. The van der Waals surface area contributed by atoms with Gasteiger partial charge in [-0.25, -0.2) is 0 Å². The van der Waals surface area contributed by atoms with E-state index in [-0.39, 0.29) is 0 Å². The molecule has 346 valence electrons. The Morgan fingerprint density at radius 3 is 1.30 bits per heavy atom. The van der Waals surface area contributed by atoms with E-state index in [0.29, 0.717) is 0 Å². The molecule has 15 rings (SSSR count). The Labute approximate surface area is 438 Å². The fourth-order valence-corrected chi connectivity index (χ4v) is 18.5. The lowest BCUT2D eigenvalue weighted by molar-refractivity contribution is 0.464. The highest BCUT2D eigenvalue weighted by Crippen LogP contribution is 2.49. The number of anilines is 12. The van der Waals surface area contributed by atoms with Crippen LogP contribution < -0.4 is 55.8 Å². The second kappa shape index (κ2) is 17.5. The van der Waals surface area contributed by atoms with Gasteiger partial charge in [-0.2, -0.15) is 0 Å². The SMILES string of the molecule is c1ccc(N(c2ccccc2)c2cc3[c]4c(c2)Oc2c[c]5c(n[c]2[Al]4[c]2ccccc2O3)N(c2ccccc2)c2cc(N(c3ccccc3)c3ccccc3)cc3[c]2[Al]5[c]2ccccc2N3c2ccccc2)cc1. The maximum atomic E-state index is 7.42. The van der Waals surface area contributed by atoms with Gasteiger partial charge in [0.05, 0.1) is 11.4 Å². The topological polar surface area (TPSA) is 44.3 Å². The van der Waals surface area contributed by atoms with Gasteiger partial charge in [0, 0.05) is 67.9 Å². The van der Waals surface area contributed by atoms with Crippen LogP contribution in [0.4, 0.5) is 68.4 Å². The van der Waals surface area contributed by atoms with Crippen LogP contribution in [0.3, 0.4) is 0 Å². The lowest BCUT2D eigenvalue weighted by Gasteiger charge is -2.44. The average molecular weight is 980 g/mol. The molecule has 4 aliphatic heterocycles. The molecule has 7 nitrogen and oxygen atoms in total. The standard InChI is InChI=1S/C65H43N5O2.2Al/c1-9-25-50(26-10-1)67(51-27-11-2-12-28-51)57-43-58(68(52-29-13-3-14-30-52)53-31-15-4-16-32-53)45-59(44-57)70(56-37-21-7-22-38-56)65-42-41-62(49-66-65)72-64-47-60(46-63(48-64)71-61-39-23-8-24-40-61)69(54-33-17-5-18-34-54)55-35-19-6-20-36-55;;/h1-31,33-39,41,43-44,46-47H;;. The number of benzene rings is 10. The first-order valence-electron chi connectivity index (χ1n) is 25.2. The summed E-state index contributed by atoms with van der Waals surface area (Å²) in [6.07, 6.45) is 0. The number of nitrogens with zero attached hydrogens (tertiary/aromatic N) is 5. The van der Waals surface area contributed by atoms with E-state index >= 15 is 0 Å². The van der Waals surface area contributed by atoms with Gasteiger partial charge >= 0.3 is 28.3 Å². The molecule has 9 heteroatoms. The van der Waals surface area contributed by atoms with E-state index in [2.05, 4.69) is 280 Å². The quantitative estimate of drug-likeness (QED) is 0.141. The first-order valence-corrected chi connectivity index (χ1v) is 28.6. The fraction of sp³-hybridized carbons (Fsp3) is 0. The Balaban J connectivity index is 1.00. The molecule has 4 aliphatic rings. The van der Waals surface area contributed by atoms with Gasteiger partial charge in [-0.1, -0.05) is 163 Å². The fourth-order valence-electron chi connectivity index (χ4n) is 11.8. The van der Waals surface area contributed by atoms with Gasteiger partial charge in [0.25, 0.3) is 0 Å². The Kier molecular flexibility index (Phi) is 10.1. The lowest BCUT2D eigenvalue weighted by Crippen LogP contribution is -2.64. The van der Waals surface area contributed by atoms with E-state index in [9.17, 15) is 0 Å². The maximum Gasteiger partial charge on any atom is 0.435 e. The minimum absolute atomic E-state index is 0.813. The third-order valence-corrected chi connectivity index (χ3v) is 21.4. The van der Waals surface area contributed by atoms with Crippen LogP contribution in [0, 0.1) is 0 Å². The number of pyridine rings is 1. The van der Waals surface area contributed by atoms with Crippen LogP contribution in [0.15, 0.2) is 261 Å². The van der Waals surface area contributed by atoms with Crippen LogP contribution in [-0.2, 0) is 0 Å². The van der Waals surface area contributed by atoms with Crippen molar-refractivity contribution < 1.29 is 9.47 Å². The highest BCUT2D eigenvalue weighted by Gasteiger charge is 2.50. The minimum atomic E-state index is -2.37. The van der Waals surface area contributed by atoms with Crippen LogP contribution >= 0.6 is 0 Å². The highest BCUT2D eigenvalue weighted by molar-refractivity contribution is 7.01. The number of fused-ring (bicyclic) bond motifs is 8. The average Bonchev–Trinajstić information content (AvgIpc) is 3.46. The predicted octanol–water partition coefficient (Wildman–Crippen LogP) is 12.8. The zero-order valence-corrected chi connectivity index (χ0v) is 42.3. The molecule has 0 aliphatic carbocycles. The third kappa shape index (κ3) is 6.83. The molecule has 74 heavy (non-hydrogen) atoms. The molecule has 11 aromatic rings. The summed E-state index contributed by atoms with van der Waals surface area (Å²) < 4.78 is 21.6. The van der Waals surface area contributed by atoms with Crippen LogP contribution in [0.1, 0.15) is 0 Å². The molecule has 0 saturated heterocycles. The molecule has 0 unspecified atom stereocenters. The molecular weight excluding hydrogens is 937 g/mol. The van der Waals surface area contributed by atoms with Gasteiger partial charge in [0.1, 0.15) is 28.8 Å². The number of ether oxygens (including phenoxy) is 2. The monoisotopic (exact) mass is 979 g/mol. The molecule has 0 amide bonds. The first kappa shape index (κ1) is 42.9. The second-order valence-electron chi connectivity index (χ2n) is 19.1. The van der Waals surface area contributed by atoms with Gasteiger partial charge in [-0.05, 0) is 108 Å². The Bertz CT molecular complexity index is 3870. The van der Waals surface area contributed by atoms with Gasteiger partial charge < -0.3 is 24.2 Å². The second-order valence-corrected chi connectivity index (χ2v) is 24.4. The highest BCUT2D eigenvalue weighted by atomic mass is 27.2. The van der Waals surface area contributed by atoms with E-state index < -0.39 is 28.3 Å². The molecule has 1 aromatic heterocycles. The van der Waals surface area contributed by atoms with Crippen LogP contribution in [-0.4, -0.2) is 33.3 Å². The Hall–Kier alpha value is -8.79. The molecule has 0 atom stereocenters. The molecular formula is C65H43Al2N5O2. The van der Waals surface area contributed by atoms with Crippen molar-refractivity contribution in [2.75, 3.05) is 19.6 Å². The number of hydrogen-bond acceptors (Lipinski definition) is 7. The number of para-hydroxylation sites is 8. The van der Waals surface area contributed by atoms with Crippen molar-refractivity contribution in [2.45, 2.75) is 0 Å². The van der Waals surface area contributed by atoms with Crippen molar-refractivity contribution in [3.8, 4) is 23.0 Å². The van der Waals surface area contributed by atoms with Crippen molar-refractivity contribution in [1.82, 2.24) is 4.98 Å². The first-order chi connectivity index (χ1) is 36.7. The van der Waals surface area contributed by atoms with Gasteiger partial charge in [-0.3, -0.25) is 9.88 Å². The molecule has 0 radical (unpaired) electrons. The van der Waals surface area contributed by atoms with Crippen molar-refractivity contribution in [3.05, 3.63) is 261 Å².